The standard InChI is InChI=1S/C18H18N2O3/c1-12-7-14(23-10-18(21)22)8-13(2)15(12)9-20-11-19-16-5-3-4-6-17(16)20/h3-8,11H,9-10H2,1-2H3,(H,21,22). The van der Waals surface area contributed by atoms with Gasteiger partial charge in [-0.2, -0.15) is 0 Å². The summed E-state index contributed by atoms with van der Waals surface area (Å²) in [6.07, 6.45) is 1.85. The SMILES string of the molecule is Cc1cc(OCC(=O)O)cc(C)c1Cn1cnc2ccccc21. The van der Waals surface area contributed by atoms with Gasteiger partial charge in [-0.1, -0.05) is 12.1 Å². The Kier molecular flexibility index (Phi) is 4.02. The molecule has 0 amide bonds. The van der Waals surface area contributed by atoms with Gasteiger partial charge in [-0.25, -0.2) is 9.78 Å². The van der Waals surface area contributed by atoms with Gasteiger partial charge in [0.05, 0.1) is 17.4 Å². The number of aromatic nitrogens is 2. The van der Waals surface area contributed by atoms with E-state index in [9.17, 15) is 4.79 Å². The molecule has 0 saturated heterocycles. The Bertz CT molecular complexity index is 845. The summed E-state index contributed by atoms with van der Waals surface area (Å²) in [5.41, 5.74) is 5.41. The average Bonchev–Trinajstić information content (AvgIpc) is 2.92. The summed E-state index contributed by atoms with van der Waals surface area (Å²) in [5, 5.41) is 8.70. The van der Waals surface area contributed by atoms with Crippen molar-refractivity contribution in [3.05, 3.63) is 59.4 Å². The number of aryl methyl sites for hydroxylation is 2. The van der Waals surface area contributed by atoms with Gasteiger partial charge in [-0.15, -0.1) is 0 Å². The number of carboxylic acid groups (broad SMARTS) is 1. The van der Waals surface area contributed by atoms with E-state index in [0.29, 0.717) is 5.75 Å². The fourth-order valence-electron chi connectivity index (χ4n) is 2.74. The zero-order valence-electron chi connectivity index (χ0n) is 13.1. The Morgan fingerprint density at radius 3 is 2.61 bits per heavy atom. The van der Waals surface area contributed by atoms with E-state index in [2.05, 4.69) is 15.6 Å². The van der Waals surface area contributed by atoms with Crippen LogP contribution in [0.25, 0.3) is 11.0 Å². The molecule has 1 N–H and O–H groups in total. The van der Waals surface area contributed by atoms with Crippen LogP contribution in [-0.4, -0.2) is 27.2 Å². The monoisotopic (exact) mass is 310 g/mol. The van der Waals surface area contributed by atoms with Gasteiger partial charge in [-0.05, 0) is 54.8 Å². The molecule has 0 aliphatic heterocycles. The molecule has 0 bridgehead atoms. The van der Waals surface area contributed by atoms with Crippen molar-refractivity contribution in [1.82, 2.24) is 9.55 Å². The molecule has 3 rings (SSSR count). The minimum Gasteiger partial charge on any atom is -0.482 e. The maximum Gasteiger partial charge on any atom is 0.341 e. The number of hydrogen-bond donors (Lipinski definition) is 1. The van der Waals surface area contributed by atoms with Gasteiger partial charge in [0.15, 0.2) is 6.61 Å². The number of hydrogen-bond acceptors (Lipinski definition) is 3. The molecular formula is C18H18N2O3. The third kappa shape index (κ3) is 3.18. The molecule has 0 atom stereocenters. The summed E-state index contributed by atoms with van der Waals surface area (Å²) < 4.78 is 7.38. The topological polar surface area (TPSA) is 64.3 Å². The Morgan fingerprint density at radius 2 is 1.91 bits per heavy atom. The smallest absolute Gasteiger partial charge is 0.341 e. The summed E-state index contributed by atoms with van der Waals surface area (Å²) >= 11 is 0. The minimum absolute atomic E-state index is 0.329. The fraction of sp³-hybridized carbons (Fsp3) is 0.222. The highest BCUT2D eigenvalue weighted by atomic mass is 16.5. The third-order valence-electron chi connectivity index (χ3n) is 3.89. The summed E-state index contributed by atoms with van der Waals surface area (Å²) in [5.74, 6) is -0.393. The van der Waals surface area contributed by atoms with E-state index >= 15 is 0 Å². The predicted octanol–water partition coefficient (Wildman–Crippen LogP) is 3.16. The number of ether oxygens (including phenoxy) is 1. The van der Waals surface area contributed by atoms with Crippen LogP contribution in [0.3, 0.4) is 0 Å². The summed E-state index contributed by atoms with van der Waals surface area (Å²) in [7, 11) is 0. The first-order valence-electron chi connectivity index (χ1n) is 7.39. The highest BCUT2D eigenvalue weighted by Crippen LogP contribution is 2.24. The fourth-order valence-corrected chi connectivity index (χ4v) is 2.74. The normalized spacial score (nSPS) is 10.9. The average molecular weight is 310 g/mol. The number of carbonyl (C=O) groups is 1. The van der Waals surface area contributed by atoms with Crippen molar-refractivity contribution in [1.29, 1.82) is 0 Å². The number of rotatable bonds is 5. The molecule has 5 nitrogen and oxygen atoms in total. The van der Waals surface area contributed by atoms with Crippen LogP contribution in [0.15, 0.2) is 42.7 Å². The Morgan fingerprint density at radius 1 is 1.22 bits per heavy atom. The first-order valence-corrected chi connectivity index (χ1v) is 7.39. The van der Waals surface area contributed by atoms with Gasteiger partial charge in [0, 0.05) is 6.54 Å². The molecule has 2 aromatic carbocycles. The van der Waals surface area contributed by atoms with Gasteiger partial charge in [0.1, 0.15) is 5.75 Å². The predicted molar refractivity (Wildman–Crippen MR) is 87.9 cm³/mol. The molecule has 0 unspecified atom stereocenters. The number of benzene rings is 2. The van der Waals surface area contributed by atoms with Gasteiger partial charge < -0.3 is 14.4 Å². The van der Waals surface area contributed by atoms with Crippen molar-refractivity contribution >= 4 is 17.0 Å². The molecule has 23 heavy (non-hydrogen) atoms. The van der Waals surface area contributed by atoms with Crippen LogP contribution in [0.4, 0.5) is 0 Å². The molecule has 0 saturated carbocycles. The minimum atomic E-state index is -0.978. The number of carboxylic acids is 1. The van der Waals surface area contributed by atoms with Crippen LogP contribution < -0.4 is 4.74 Å². The van der Waals surface area contributed by atoms with Crippen LogP contribution in [0, 0.1) is 13.8 Å². The maximum atomic E-state index is 10.6. The van der Waals surface area contributed by atoms with Crippen molar-refractivity contribution in [2.24, 2.45) is 0 Å². The molecule has 1 aromatic heterocycles. The quantitative estimate of drug-likeness (QED) is 0.786. The summed E-state index contributed by atoms with van der Waals surface area (Å²) in [6, 6.07) is 11.8. The molecule has 0 radical (unpaired) electrons. The van der Waals surface area contributed by atoms with Crippen LogP contribution in [-0.2, 0) is 11.3 Å². The molecule has 0 fully saturated rings. The lowest BCUT2D eigenvalue weighted by Crippen LogP contribution is -2.10. The Labute approximate surface area is 134 Å². The van der Waals surface area contributed by atoms with E-state index in [1.807, 2.05) is 50.5 Å². The Hall–Kier alpha value is -2.82. The number of para-hydroxylation sites is 2. The van der Waals surface area contributed by atoms with E-state index in [0.717, 1.165) is 28.7 Å². The molecule has 0 aliphatic carbocycles. The van der Waals surface area contributed by atoms with Crippen molar-refractivity contribution in [3.63, 3.8) is 0 Å². The molecule has 3 aromatic rings. The second-order valence-electron chi connectivity index (χ2n) is 5.58. The lowest BCUT2D eigenvalue weighted by molar-refractivity contribution is -0.139. The second-order valence-corrected chi connectivity index (χ2v) is 5.58. The van der Waals surface area contributed by atoms with E-state index in [1.165, 1.54) is 5.56 Å². The maximum absolute atomic E-state index is 10.6. The first kappa shape index (κ1) is 15.1. The lowest BCUT2D eigenvalue weighted by Gasteiger charge is -2.14. The van der Waals surface area contributed by atoms with Crippen LogP contribution >= 0.6 is 0 Å². The third-order valence-corrected chi connectivity index (χ3v) is 3.89. The van der Waals surface area contributed by atoms with Crippen molar-refractivity contribution in [3.8, 4) is 5.75 Å². The number of nitrogens with zero attached hydrogens (tertiary/aromatic N) is 2. The van der Waals surface area contributed by atoms with Crippen molar-refractivity contribution < 1.29 is 14.6 Å². The van der Waals surface area contributed by atoms with Gasteiger partial charge >= 0.3 is 5.97 Å². The second kappa shape index (κ2) is 6.12. The molecule has 1 heterocycles. The molecule has 5 heteroatoms. The zero-order valence-corrected chi connectivity index (χ0v) is 13.1. The van der Waals surface area contributed by atoms with E-state index in [-0.39, 0.29) is 6.61 Å². The first-order chi connectivity index (χ1) is 11.0. The van der Waals surface area contributed by atoms with Crippen LogP contribution in [0.2, 0.25) is 0 Å². The zero-order chi connectivity index (χ0) is 16.4. The number of aliphatic carboxylic acids is 1. The van der Waals surface area contributed by atoms with Gasteiger partial charge in [0.2, 0.25) is 0 Å². The van der Waals surface area contributed by atoms with Crippen molar-refractivity contribution in [2.45, 2.75) is 20.4 Å². The molecule has 118 valence electrons. The molecule has 0 spiro atoms. The molecule has 0 aliphatic rings. The lowest BCUT2D eigenvalue weighted by atomic mass is 10.0. The summed E-state index contributed by atoms with van der Waals surface area (Å²) in [4.78, 5) is 15.0. The van der Waals surface area contributed by atoms with Gasteiger partial charge in [0.25, 0.3) is 0 Å². The van der Waals surface area contributed by atoms with Gasteiger partial charge in [-0.3, -0.25) is 0 Å². The number of fused-ring (bicyclic) bond motifs is 1. The molecular weight excluding hydrogens is 292 g/mol. The largest absolute Gasteiger partial charge is 0.482 e. The highest BCUT2D eigenvalue weighted by molar-refractivity contribution is 5.75. The van der Waals surface area contributed by atoms with E-state index in [4.69, 9.17) is 9.84 Å². The van der Waals surface area contributed by atoms with Crippen LogP contribution in [0.1, 0.15) is 16.7 Å². The van der Waals surface area contributed by atoms with Crippen LogP contribution in [0.5, 0.6) is 5.75 Å². The highest BCUT2D eigenvalue weighted by Gasteiger charge is 2.10. The number of imidazole rings is 1. The Balaban J connectivity index is 1.89. The van der Waals surface area contributed by atoms with E-state index < -0.39 is 5.97 Å². The van der Waals surface area contributed by atoms with Crippen molar-refractivity contribution in [2.75, 3.05) is 6.61 Å². The van der Waals surface area contributed by atoms with E-state index in [1.54, 1.807) is 0 Å². The summed E-state index contributed by atoms with van der Waals surface area (Å²) in [6.45, 7) is 4.41.